The molecule has 1 amide bonds. The topological polar surface area (TPSA) is 68.0 Å². The molecule has 0 spiro atoms. The van der Waals surface area contributed by atoms with Crippen LogP contribution >= 0.6 is 22.9 Å². The SMILES string of the molecule is Cc1ccc(-c2cc(-c3ccccc3)c3c(N)c(C(=O)Nc4ccc(C)c(Cl)c4)sc3n2)cc1. The van der Waals surface area contributed by atoms with E-state index in [0.29, 0.717) is 21.3 Å². The normalized spacial score (nSPS) is 11.0. The van der Waals surface area contributed by atoms with Crippen molar-refractivity contribution in [2.75, 3.05) is 11.1 Å². The van der Waals surface area contributed by atoms with Crippen molar-refractivity contribution in [2.45, 2.75) is 13.8 Å². The van der Waals surface area contributed by atoms with Crippen LogP contribution in [0, 0.1) is 13.8 Å². The van der Waals surface area contributed by atoms with E-state index in [1.54, 1.807) is 6.07 Å². The van der Waals surface area contributed by atoms with Crippen LogP contribution in [0.25, 0.3) is 32.6 Å². The van der Waals surface area contributed by atoms with Gasteiger partial charge in [-0.05, 0) is 48.7 Å². The molecule has 34 heavy (non-hydrogen) atoms. The van der Waals surface area contributed by atoms with Gasteiger partial charge in [0.15, 0.2) is 0 Å². The number of fused-ring (bicyclic) bond motifs is 1. The summed E-state index contributed by atoms with van der Waals surface area (Å²) in [6, 6.07) is 25.8. The molecule has 5 aromatic rings. The highest BCUT2D eigenvalue weighted by atomic mass is 35.5. The van der Waals surface area contributed by atoms with Crippen molar-refractivity contribution in [3.63, 3.8) is 0 Å². The number of aryl methyl sites for hydroxylation is 2. The second kappa shape index (κ2) is 8.93. The summed E-state index contributed by atoms with van der Waals surface area (Å²) < 4.78 is 0. The second-order valence-corrected chi connectivity index (χ2v) is 9.64. The molecule has 5 rings (SSSR count). The van der Waals surface area contributed by atoms with Gasteiger partial charge in [0.2, 0.25) is 0 Å². The Labute approximate surface area is 207 Å². The van der Waals surface area contributed by atoms with Gasteiger partial charge < -0.3 is 11.1 Å². The minimum Gasteiger partial charge on any atom is -0.397 e. The van der Waals surface area contributed by atoms with E-state index in [1.807, 2.05) is 55.5 Å². The summed E-state index contributed by atoms with van der Waals surface area (Å²) in [5.74, 6) is -0.281. The largest absolute Gasteiger partial charge is 0.397 e. The molecular weight excluding hydrogens is 462 g/mol. The summed E-state index contributed by atoms with van der Waals surface area (Å²) in [5.41, 5.74) is 13.6. The van der Waals surface area contributed by atoms with E-state index < -0.39 is 0 Å². The van der Waals surface area contributed by atoms with Gasteiger partial charge in [0, 0.05) is 21.7 Å². The number of aromatic nitrogens is 1. The average molecular weight is 484 g/mol. The fourth-order valence-electron chi connectivity index (χ4n) is 3.87. The Morgan fingerprint density at radius 2 is 1.68 bits per heavy atom. The van der Waals surface area contributed by atoms with Crippen molar-refractivity contribution in [1.29, 1.82) is 0 Å². The van der Waals surface area contributed by atoms with Gasteiger partial charge in [0.05, 0.1) is 11.4 Å². The highest BCUT2D eigenvalue weighted by Crippen LogP contribution is 2.41. The van der Waals surface area contributed by atoms with Gasteiger partial charge in [-0.3, -0.25) is 4.79 Å². The van der Waals surface area contributed by atoms with Crippen LogP contribution in [0.15, 0.2) is 78.9 Å². The predicted octanol–water partition coefficient (Wildman–Crippen LogP) is 7.74. The number of carbonyl (C=O) groups excluding carboxylic acids is 1. The fourth-order valence-corrected chi connectivity index (χ4v) is 5.06. The zero-order valence-electron chi connectivity index (χ0n) is 18.7. The Kier molecular flexibility index (Phi) is 5.82. The number of nitrogens with zero attached hydrogens (tertiary/aromatic N) is 1. The van der Waals surface area contributed by atoms with E-state index in [0.717, 1.165) is 38.2 Å². The van der Waals surface area contributed by atoms with Crippen molar-refractivity contribution in [3.8, 4) is 22.4 Å². The number of amides is 1. The smallest absolute Gasteiger partial charge is 0.267 e. The first-order valence-corrected chi connectivity index (χ1v) is 12.0. The molecule has 3 aromatic carbocycles. The monoisotopic (exact) mass is 483 g/mol. The molecular formula is C28H22ClN3OS. The molecule has 0 saturated heterocycles. The van der Waals surface area contributed by atoms with Crippen molar-refractivity contribution in [3.05, 3.63) is 99.9 Å². The van der Waals surface area contributed by atoms with Crippen molar-refractivity contribution in [1.82, 2.24) is 4.98 Å². The average Bonchev–Trinajstić information content (AvgIpc) is 3.18. The number of halogens is 1. The molecule has 0 unspecified atom stereocenters. The van der Waals surface area contributed by atoms with E-state index in [9.17, 15) is 4.79 Å². The highest BCUT2D eigenvalue weighted by molar-refractivity contribution is 7.21. The molecule has 0 saturated carbocycles. The molecule has 0 fully saturated rings. The molecule has 0 atom stereocenters. The quantitative estimate of drug-likeness (QED) is 0.274. The molecule has 0 radical (unpaired) electrons. The molecule has 3 N–H and O–H groups in total. The van der Waals surface area contributed by atoms with E-state index in [-0.39, 0.29) is 5.91 Å². The van der Waals surface area contributed by atoms with Gasteiger partial charge in [0.25, 0.3) is 5.91 Å². The first-order valence-electron chi connectivity index (χ1n) is 10.8. The number of pyridine rings is 1. The molecule has 6 heteroatoms. The minimum absolute atomic E-state index is 0.281. The summed E-state index contributed by atoms with van der Waals surface area (Å²) in [5, 5.41) is 4.31. The highest BCUT2D eigenvalue weighted by Gasteiger charge is 2.22. The van der Waals surface area contributed by atoms with Crippen molar-refractivity contribution in [2.24, 2.45) is 0 Å². The van der Waals surface area contributed by atoms with Crippen LogP contribution in [0.1, 0.15) is 20.8 Å². The van der Waals surface area contributed by atoms with Gasteiger partial charge in [0.1, 0.15) is 9.71 Å². The lowest BCUT2D eigenvalue weighted by molar-refractivity contribution is 0.103. The number of nitrogen functional groups attached to an aromatic ring is 1. The molecule has 0 aliphatic carbocycles. The first-order chi connectivity index (χ1) is 16.4. The van der Waals surface area contributed by atoms with Crippen LogP contribution in [0.4, 0.5) is 11.4 Å². The Bertz CT molecular complexity index is 1530. The van der Waals surface area contributed by atoms with Crippen LogP contribution in [0.2, 0.25) is 5.02 Å². The third-order valence-corrected chi connectivity index (χ3v) is 7.27. The van der Waals surface area contributed by atoms with Crippen LogP contribution in [0.3, 0.4) is 0 Å². The lowest BCUT2D eigenvalue weighted by Gasteiger charge is -2.09. The van der Waals surface area contributed by atoms with Crippen molar-refractivity contribution < 1.29 is 4.79 Å². The molecule has 0 aliphatic heterocycles. The lowest BCUT2D eigenvalue weighted by atomic mass is 9.99. The number of nitrogens with one attached hydrogen (secondary N) is 1. The van der Waals surface area contributed by atoms with Gasteiger partial charge in [-0.2, -0.15) is 0 Å². The van der Waals surface area contributed by atoms with E-state index in [2.05, 4.69) is 36.5 Å². The zero-order chi connectivity index (χ0) is 23.8. The molecule has 168 valence electrons. The molecule has 0 bridgehead atoms. The first kappa shape index (κ1) is 22.1. The Balaban J connectivity index is 1.65. The standard InChI is InChI=1S/C28H22ClN3OS/c1-16-8-11-19(12-9-16)23-15-21(18-6-4-3-5-7-18)24-25(30)26(34-28(24)32-23)27(33)31-20-13-10-17(2)22(29)14-20/h3-15H,30H2,1-2H3,(H,31,33). The van der Waals surface area contributed by atoms with Crippen LogP contribution in [0.5, 0.6) is 0 Å². The second-order valence-electron chi connectivity index (χ2n) is 8.23. The third kappa shape index (κ3) is 4.16. The maximum absolute atomic E-state index is 13.2. The Morgan fingerprint density at radius 1 is 0.941 bits per heavy atom. The van der Waals surface area contributed by atoms with Gasteiger partial charge in [-0.1, -0.05) is 77.8 Å². The Hall–Kier alpha value is -3.67. The maximum atomic E-state index is 13.2. The number of anilines is 2. The van der Waals surface area contributed by atoms with Crippen molar-refractivity contribution >= 4 is 50.4 Å². The van der Waals surface area contributed by atoms with Gasteiger partial charge in [-0.15, -0.1) is 11.3 Å². The van der Waals surface area contributed by atoms with E-state index in [4.69, 9.17) is 22.3 Å². The van der Waals surface area contributed by atoms with Crippen LogP contribution < -0.4 is 11.1 Å². The third-order valence-electron chi connectivity index (χ3n) is 5.77. The number of nitrogens with two attached hydrogens (primary N) is 1. The molecule has 4 nitrogen and oxygen atoms in total. The summed E-state index contributed by atoms with van der Waals surface area (Å²) >= 11 is 7.53. The number of hydrogen-bond acceptors (Lipinski definition) is 4. The summed E-state index contributed by atoms with van der Waals surface area (Å²) in [6.07, 6.45) is 0. The van der Waals surface area contributed by atoms with Gasteiger partial charge >= 0.3 is 0 Å². The van der Waals surface area contributed by atoms with E-state index >= 15 is 0 Å². The number of thiophene rings is 1. The number of hydrogen-bond donors (Lipinski definition) is 2. The molecule has 2 heterocycles. The number of carbonyl (C=O) groups is 1. The Morgan fingerprint density at radius 3 is 2.38 bits per heavy atom. The predicted molar refractivity (Wildman–Crippen MR) is 144 cm³/mol. The maximum Gasteiger partial charge on any atom is 0.267 e. The van der Waals surface area contributed by atoms with Gasteiger partial charge in [-0.25, -0.2) is 4.98 Å². The number of rotatable bonds is 4. The summed E-state index contributed by atoms with van der Waals surface area (Å²) in [7, 11) is 0. The van der Waals surface area contributed by atoms with Crippen LogP contribution in [-0.4, -0.2) is 10.9 Å². The van der Waals surface area contributed by atoms with Crippen LogP contribution in [-0.2, 0) is 0 Å². The minimum atomic E-state index is -0.281. The zero-order valence-corrected chi connectivity index (χ0v) is 20.3. The summed E-state index contributed by atoms with van der Waals surface area (Å²) in [4.78, 5) is 19.2. The molecule has 2 aromatic heterocycles. The van der Waals surface area contributed by atoms with E-state index in [1.165, 1.54) is 16.9 Å². The number of benzene rings is 3. The lowest BCUT2D eigenvalue weighted by Crippen LogP contribution is -2.12. The fraction of sp³-hybridized carbons (Fsp3) is 0.0714. The summed E-state index contributed by atoms with van der Waals surface area (Å²) in [6.45, 7) is 3.97. The molecule has 0 aliphatic rings.